The zero-order chi connectivity index (χ0) is 22.7. The first-order valence-electron chi connectivity index (χ1n) is 10.8. The Hall–Kier alpha value is -3.06. The number of thioether (sulfide) groups is 1. The number of carbonyl (C=O) groups excluding carboxylic acids is 2. The number of allylic oxidation sites excluding steroid dienone is 1. The van der Waals surface area contributed by atoms with E-state index < -0.39 is 12.0 Å². The van der Waals surface area contributed by atoms with E-state index in [4.69, 9.17) is 9.47 Å². The van der Waals surface area contributed by atoms with E-state index in [0.717, 1.165) is 11.1 Å². The summed E-state index contributed by atoms with van der Waals surface area (Å²) < 4.78 is 11.2. The first-order valence-corrected chi connectivity index (χ1v) is 11.6. The molecule has 1 fully saturated rings. The van der Waals surface area contributed by atoms with Gasteiger partial charge in [0.2, 0.25) is 5.91 Å². The molecule has 2 aliphatic heterocycles. The van der Waals surface area contributed by atoms with Gasteiger partial charge < -0.3 is 9.47 Å². The number of ether oxygens (including phenoxy) is 2. The first kappa shape index (κ1) is 22.1. The SMILES string of the molecule is CCOC(=O)C1=C(C)N=C2S[C@H](CC)C(=O)N2[C@H]1c1ccc(OCc2ccccc2)cc1. The van der Waals surface area contributed by atoms with Crippen molar-refractivity contribution in [2.45, 2.75) is 45.1 Å². The average molecular weight is 451 g/mol. The van der Waals surface area contributed by atoms with Gasteiger partial charge in [0, 0.05) is 0 Å². The molecule has 2 aromatic carbocycles. The van der Waals surface area contributed by atoms with Gasteiger partial charge in [-0.3, -0.25) is 9.69 Å². The number of benzene rings is 2. The highest BCUT2D eigenvalue weighted by Gasteiger charge is 2.47. The van der Waals surface area contributed by atoms with Gasteiger partial charge in [0.1, 0.15) is 12.4 Å². The van der Waals surface area contributed by atoms with Crippen molar-refractivity contribution in [1.29, 1.82) is 0 Å². The highest BCUT2D eigenvalue weighted by molar-refractivity contribution is 8.15. The predicted octanol–water partition coefficient (Wildman–Crippen LogP) is 4.87. The summed E-state index contributed by atoms with van der Waals surface area (Å²) in [5.41, 5.74) is 2.89. The van der Waals surface area contributed by atoms with Gasteiger partial charge in [0.15, 0.2) is 5.17 Å². The molecule has 0 aromatic heterocycles. The average Bonchev–Trinajstić information content (AvgIpc) is 3.13. The molecule has 0 spiro atoms. The van der Waals surface area contributed by atoms with Crippen LogP contribution in [-0.4, -0.2) is 33.8 Å². The minimum atomic E-state index is -0.568. The molecule has 0 bridgehead atoms. The Morgan fingerprint density at radius 2 is 1.81 bits per heavy atom. The van der Waals surface area contributed by atoms with E-state index in [9.17, 15) is 9.59 Å². The van der Waals surface area contributed by atoms with Gasteiger partial charge in [-0.15, -0.1) is 0 Å². The molecule has 166 valence electrons. The topological polar surface area (TPSA) is 68.2 Å². The maximum Gasteiger partial charge on any atom is 0.338 e. The van der Waals surface area contributed by atoms with Crippen LogP contribution in [-0.2, 0) is 20.9 Å². The Labute approximate surface area is 192 Å². The number of nitrogens with zero attached hydrogens (tertiary/aromatic N) is 2. The molecule has 2 heterocycles. The first-order chi connectivity index (χ1) is 15.5. The van der Waals surface area contributed by atoms with Crippen LogP contribution in [0, 0.1) is 0 Å². The third kappa shape index (κ3) is 4.30. The van der Waals surface area contributed by atoms with E-state index >= 15 is 0 Å². The quantitative estimate of drug-likeness (QED) is 0.563. The van der Waals surface area contributed by atoms with E-state index in [0.29, 0.717) is 35.2 Å². The number of esters is 1. The molecule has 0 unspecified atom stereocenters. The molecular formula is C25H26N2O4S. The monoisotopic (exact) mass is 450 g/mol. The second-order valence-electron chi connectivity index (χ2n) is 7.58. The zero-order valence-electron chi connectivity index (χ0n) is 18.4. The fourth-order valence-electron chi connectivity index (χ4n) is 3.86. The molecular weight excluding hydrogens is 424 g/mol. The smallest absolute Gasteiger partial charge is 0.338 e. The number of rotatable bonds is 7. The normalized spacial score (nSPS) is 20.2. The largest absolute Gasteiger partial charge is 0.489 e. The van der Waals surface area contributed by atoms with Crippen molar-refractivity contribution in [2.24, 2.45) is 4.99 Å². The molecule has 2 aromatic rings. The van der Waals surface area contributed by atoms with Crippen LogP contribution in [0.4, 0.5) is 0 Å². The Bertz CT molecular complexity index is 1060. The van der Waals surface area contributed by atoms with Gasteiger partial charge in [0.05, 0.1) is 29.2 Å². The number of hydrogen-bond donors (Lipinski definition) is 0. The molecule has 32 heavy (non-hydrogen) atoms. The van der Waals surface area contributed by atoms with Crippen molar-refractivity contribution in [3.63, 3.8) is 0 Å². The minimum Gasteiger partial charge on any atom is -0.489 e. The van der Waals surface area contributed by atoms with Gasteiger partial charge in [-0.1, -0.05) is 61.2 Å². The molecule has 4 rings (SSSR count). The Morgan fingerprint density at radius 1 is 1.09 bits per heavy atom. The van der Waals surface area contributed by atoms with E-state index in [-0.39, 0.29) is 17.8 Å². The summed E-state index contributed by atoms with van der Waals surface area (Å²) >= 11 is 1.46. The lowest BCUT2D eigenvalue weighted by molar-refractivity contribution is -0.139. The molecule has 0 radical (unpaired) electrons. The Balaban J connectivity index is 1.64. The van der Waals surface area contributed by atoms with Gasteiger partial charge in [0.25, 0.3) is 0 Å². The van der Waals surface area contributed by atoms with Gasteiger partial charge in [-0.25, -0.2) is 9.79 Å². The Kier molecular flexibility index (Phi) is 6.65. The van der Waals surface area contributed by atoms with Crippen LogP contribution in [0.2, 0.25) is 0 Å². The fraction of sp³-hybridized carbons (Fsp3) is 0.320. The number of amides is 1. The standard InChI is InChI=1S/C25H26N2O4S/c1-4-20-23(28)27-22(21(24(29)30-5-2)16(3)26-25(27)32-20)18-11-13-19(14-12-18)31-15-17-9-7-6-8-10-17/h6-14,20,22H,4-5,15H2,1-3H3/t20-,22+/m1/s1. The van der Waals surface area contributed by atoms with Crippen LogP contribution in [0.15, 0.2) is 70.9 Å². The van der Waals surface area contributed by atoms with Gasteiger partial charge >= 0.3 is 5.97 Å². The molecule has 1 saturated heterocycles. The molecule has 7 heteroatoms. The van der Waals surface area contributed by atoms with E-state index in [2.05, 4.69) is 4.99 Å². The molecule has 0 aliphatic carbocycles. The molecule has 0 saturated carbocycles. The maximum atomic E-state index is 13.1. The number of fused-ring (bicyclic) bond motifs is 1. The number of carbonyl (C=O) groups is 2. The summed E-state index contributed by atoms with van der Waals surface area (Å²) in [7, 11) is 0. The van der Waals surface area contributed by atoms with E-state index in [1.807, 2.05) is 61.5 Å². The Morgan fingerprint density at radius 3 is 2.47 bits per heavy atom. The summed E-state index contributed by atoms with van der Waals surface area (Å²) in [6.07, 6.45) is 0.700. The second-order valence-corrected chi connectivity index (χ2v) is 8.75. The maximum absolute atomic E-state index is 13.1. The molecule has 1 amide bonds. The van der Waals surface area contributed by atoms with Crippen molar-refractivity contribution in [3.05, 3.63) is 77.0 Å². The van der Waals surface area contributed by atoms with Crippen molar-refractivity contribution in [1.82, 2.24) is 4.90 Å². The lowest BCUT2D eigenvalue weighted by atomic mass is 9.94. The summed E-state index contributed by atoms with van der Waals surface area (Å²) in [5, 5.41) is 0.445. The molecule has 2 atom stereocenters. The predicted molar refractivity (Wildman–Crippen MR) is 125 cm³/mol. The third-order valence-electron chi connectivity index (χ3n) is 5.46. The van der Waals surface area contributed by atoms with Crippen LogP contribution < -0.4 is 4.74 Å². The van der Waals surface area contributed by atoms with Gasteiger partial charge in [-0.05, 0) is 43.5 Å². The second kappa shape index (κ2) is 9.61. The van der Waals surface area contributed by atoms with Crippen LogP contribution in [0.3, 0.4) is 0 Å². The molecule has 2 aliphatic rings. The van der Waals surface area contributed by atoms with Crippen LogP contribution in [0.1, 0.15) is 44.4 Å². The van der Waals surface area contributed by atoms with Crippen molar-refractivity contribution in [2.75, 3.05) is 6.61 Å². The zero-order valence-corrected chi connectivity index (χ0v) is 19.2. The highest BCUT2D eigenvalue weighted by Crippen LogP contribution is 2.44. The fourth-order valence-corrected chi connectivity index (χ4v) is 5.00. The molecule has 6 nitrogen and oxygen atoms in total. The summed E-state index contributed by atoms with van der Waals surface area (Å²) in [5.74, 6) is 0.245. The minimum absolute atomic E-state index is 0.0278. The third-order valence-corrected chi connectivity index (χ3v) is 6.78. The summed E-state index contributed by atoms with van der Waals surface area (Å²) in [4.78, 5) is 32.2. The molecule has 0 N–H and O–H groups in total. The van der Waals surface area contributed by atoms with Crippen LogP contribution in [0.25, 0.3) is 0 Å². The number of aliphatic imine (C=N–C) groups is 1. The van der Waals surface area contributed by atoms with Gasteiger partial charge in [-0.2, -0.15) is 0 Å². The lowest BCUT2D eigenvalue weighted by Crippen LogP contribution is -2.40. The summed E-state index contributed by atoms with van der Waals surface area (Å²) in [6.45, 7) is 6.27. The highest BCUT2D eigenvalue weighted by atomic mass is 32.2. The van der Waals surface area contributed by atoms with E-state index in [1.54, 1.807) is 18.7 Å². The number of amidine groups is 1. The van der Waals surface area contributed by atoms with Crippen molar-refractivity contribution in [3.8, 4) is 5.75 Å². The summed E-state index contributed by atoms with van der Waals surface area (Å²) in [6, 6.07) is 16.9. The van der Waals surface area contributed by atoms with Crippen molar-refractivity contribution < 1.29 is 19.1 Å². The lowest BCUT2D eigenvalue weighted by Gasteiger charge is -2.33. The van der Waals surface area contributed by atoms with Crippen LogP contribution in [0.5, 0.6) is 5.75 Å². The van der Waals surface area contributed by atoms with Crippen molar-refractivity contribution >= 4 is 28.8 Å². The number of hydrogen-bond acceptors (Lipinski definition) is 6. The van der Waals surface area contributed by atoms with E-state index in [1.165, 1.54) is 11.8 Å². The van der Waals surface area contributed by atoms with Crippen LogP contribution >= 0.6 is 11.8 Å².